The molecule has 0 fully saturated rings. The number of rotatable bonds is 7. The van der Waals surface area contributed by atoms with Crippen LogP contribution in [-0.4, -0.2) is 47.3 Å². The zero-order valence-electron chi connectivity index (χ0n) is 11.2. The molecule has 0 saturated heterocycles. The van der Waals surface area contributed by atoms with E-state index in [-0.39, 0.29) is 32.2 Å². The van der Waals surface area contributed by atoms with Crippen molar-refractivity contribution in [2.45, 2.75) is 13.0 Å². The quantitative estimate of drug-likeness (QED) is 0.655. The van der Waals surface area contributed by atoms with Gasteiger partial charge in [-0.05, 0) is 5.56 Å². The third-order valence-electron chi connectivity index (χ3n) is 3.16. The molecule has 0 radical (unpaired) electrons. The molecule has 1 amide bonds. The molecule has 1 aromatic carbocycles. The van der Waals surface area contributed by atoms with Crippen LogP contribution in [0.25, 0.3) is 0 Å². The molecule has 2 unspecified atom stereocenters. The van der Waals surface area contributed by atoms with Gasteiger partial charge >= 0.3 is 0 Å². The molecule has 106 valence electrons. The first-order valence-electron chi connectivity index (χ1n) is 6.42. The Labute approximate surface area is 113 Å². The summed E-state index contributed by atoms with van der Waals surface area (Å²) in [6.07, 6.45) is 0. The Kier molecular flexibility index (Phi) is 6.49. The number of carbonyl (C=O) groups is 1. The fraction of sp³-hybridized carbons (Fsp3) is 0.500. The maximum absolute atomic E-state index is 12.3. The summed E-state index contributed by atoms with van der Waals surface area (Å²) >= 11 is 0. The van der Waals surface area contributed by atoms with Crippen LogP contribution in [0.2, 0.25) is 0 Å². The van der Waals surface area contributed by atoms with E-state index in [0.29, 0.717) is 0 Å². The second kappa shape index (κ2) is 7.89. The van der Waals surface area contributed by atoms with Gasteiger partial charge in [0.15, 0.2) is 0 Å². The lowest BCUT2D eigenvalue weighted by Gasteiger charge is -2.27. The van der Waals surface area contributed by atoms with E-state index in [0.717, 1.165) is 5.56 Å². The van der Waals surface area contributed by atoms with Gasteiger partial charge in [0, 0.05) is 19.1 Å². The van der Waals surface area contributed by atoms with Gasteiger partial charge < -0.3 is 20.8 Å². The van der Waals surface area contributed by atoms with Crippen molar-refractivity contribution < 1.29 is 15.0 Å². The van der Waals surface area contributed by atoms with Crippen molar-refractivity contribution in [2.24, 2.45) is 11.7 Å². The summed E-state index contributed by atoms with van der Waals surface area (Å²) < 4.78 is 0. The summed E-state index contributed by atoms with van der Waals surface area (Å²) in [4.78, 5) is 13.7. The smallest absolute Gasteiger partial charge is 0.227 e. The molecule has 0 aromatic heterocycles. The number of aliphatic hydroxyl groups excluding tert-OH is 2. The van der Waals surface area contributed by atoms with Crippen LogP contribution in [0.15, 0.2) is 30.3 Å². The van der Waals surface area contributed by atoms with Crippen molar-refractivity contribution in [3.63, 3.8) is 0 Å². The Hall–Kier alpha value is -1.43. The number of nitrogens with two attached hydrogens (primary N) is 1. The highest BCUT2D eigenvalue weighted by molar-refractivity contribution is 5.79. The summed E-state index contributed by atoms with van der Waals surface area (Å²) in [5, 5.41) is 17.9. The predicted octanol–water partition coefficient (Wildman–Crippen LogP) is 0.136. The molecule has 0 aliphatic heterocycles. The van der Waals surface area contributed by atoms with E-state index in [4.69, 9.17) is 15.9 Å². The lowest BCUT2D eigenvalue weighted by molar-refractivity contribution is -0.136. The van der Waals surface area contributed by atoms with Crippen molar-refractivity contribution in [3.8, 4) is 0 Å². The molecule has 19 heavy (non-hydrogen) atoms. The molecular weight excluding hydrogens is 244 g/mol. The van der Waals surface area contributed by atoms with E-state index in [9.17, 15) is 4.79 Å². The van der Waals surface area contributed by atoms with Gasteiger partial charge in [-0.25, -0.2) is 0 Å². The molecule has 0 aliphatic rings. The second-order valence-electron chi connectivity index (χ2n) is 4.50. The average Bonchev–Trinajstić information content (AvgIpc) is 2.45. The average molecular weight is 266 g/mol. The number of aliphatic hydroxyl groups is 2. The summed E-state index contributed by atoms with van der Waals surface area (Å²) in [6.45, 7) is 1.94. The van der Waals surface area contributed by atoms with Crippen LogP contribution in [0.5, 0.6) is 0 Å². The third kappa shape index (κ3) is 4.31. The van der Waals surface area contributed by atoms with E-state index in [1.165, 1.54) is 4.90 Å². The van der Waals surface area contributed by atoms with E-state index >= 15 is 0 Å². The molecule has 0 spiro atoms. The van der Waals surface area contributed by atoms with E-state index in [1.807, 2.05) is 30.3 Å². The molecular formula is C14H22N2O3. The molecule has 0 heterocycles. The molecule has 5 heteroatoms. The van der Waals surface area contributed by atoms with Gasteiger partial charge in [-0.3, -0.25) is 4.79 Å². The normalized spacial score (nSPS) is 13.9. The zero-order valence-corrected chi connectivity index (χ0v) is 11.2. The Morgan fingerprint density at radius 3 is 2.21 bits per heavy atom. The number of nitrogens with zero attached hydrogens (tertiary/aromatic N) is 1. The van der Waals surface area contributed by atoms with Gasteiger partial charge in [-0.1, -0.05) is 37.3 Å². The molecule has 0 saturated carbocycles. The van der Waals surface area contributed by atoms with Gasteiger partial charge in [0.2, 0.25) is 5.91 Å². The van der Waals surface area contributed by atoms with Crippen molar-refractivity contribution in [2.75, 3.05) is 26.3 Å². The second-order valence-corrected chi connectivity index (χ2v) is 4.50. The van der Waals surface area contributed by atoms with Crippen LogP contribution in [0.1, 0.15) is 18.5 Å². The van der Waals surface area contributed by atoms with E-state index in [1.54, 1.807) is 6.92 Å². The maximum atomic E-state index is 12.3. The molecule has 1 aromatic rings. The fourth-order valence-corrected chi connectivity index (χ4v) is 1.98. The Bertz CT molecular complexity index is 378. The Morgan fingerprint density at radius 2 is 1.74 bits per heavy atom. The third-order valence-corrected chi connectivity index (χ3v) is 3.16. The van der Waals surface area contributed by atoms with Crippen molar-refractivity contribution >= 4 is 5.91 Å². The highest BCUT2D eigenvalue weighted by atomic mass is 16.3. The number of benzene rings is 1. The summed E-state index contributed by atoms with van der Waals surface area (Å²) in [6, 6.07) is 9.03. The molecule has 4 N–H and O–H groups in total. The van der Waals surface area contributed by atoms with E-state index < -0.39 is 12.0 Å². The minimum Gasteiger partial charge on any atom is -0.395 e. The van der Waals surface area contributed by atoms with Gasteiger partial charge in [0.1, 0.15) is 0 Å². The van der Waals surface area contributed by atoms with Crippen LogP contribution in [0.3, 0.4) is 0 Å². The number of hydrogen-bond acceptors (Lipinski definition) is 4. The first kappa shape index (κ1) is 15.6. The summed E-state index contributed by atoms with van der Waals surface area (Å²) in [7, 11) is 0. The van der Waals surface area contributed by atoms with E-state index in [2.05, 4.69) is 0 Å². The van der Waals surface area contributed by atoms with Gasteiger partial charge in [-0.15, -0.1) is 0 Å². The summed E-state index contributed by atoms with van der Waals surface area (Å²) in [5.74, 6) is -0.556. The van der Waals surface area contributed by atoms with Crippen LogP contribution in [-0.2, 0) is 4.79 Å². The first-order valence-corrected chi connectivity index (χ1v) is 6.42. The molecule has 2 atom stereocenters. The van der Waals surface area contributed by atoms with Crippen molar-refractivity contribution in [1.82, 2.24) is 4.90 Å². The number of hydrogen-bond donors (Lipinski definition) is 3. The van der Waals surface area contributed by atoms with Crippen molar-refractivity contribution in [1.29, 1.82) is 0 Å². The topological polar surface area (TPSA) is 86.8 Å². The number of carbonyl (C=O) groups excluding carboxylic acids is 1. The van der Waals surface area contributed by atoms with Crippen LogP contribution in [0, 0.1) is 5.92 Å². The minimum atomic E-state index is -0.402. The largest absolute Gasteiger partial charge is 0.395 e. The SMILES string of the molecule is CC(C(=O)N(CCO)CCO)C(N)c1ccccc1. The summed E-state index contributed by atoms with van der Waals surface area (Å²) in [5.41, 5.74) is 7.00. The molecule has 0 bridgehead atoms. The van der Waals surface area contributed by atoms with Gasteiger partial charge in [0.25, 0.3) is 0 Å². The maximum Gasteiger partial charge on any atom is 0.227 e. The lowest BCUT2D eigenvalue weighted by Crippen LogP contribution is -2.42. The van der Waals surface area contributed by atoms with Gasteiger partial charge in [-0.2, -0.15) is 0 Å². The highest BCUT2D eigenvalue weighted by Crippen LogP contribution is 2.20. The van der Waals surface area contributed by atoms with Crippen molar-refractivity contribution in [3.05, 3.63) is 35.9 Å². The minimum absolute atomic E-state index is 0.126. The standard InChI is InChI=1S/C14H22N2O3/c1-11(13(15)12-5-3-2-4-6-12)14(19)16(7-9-17)8-10-18/h2-6,11,13,17-18H,7-10,15H2,1H3. The monoisotopic (exact) mass is 266 g/mol. The predicted molar refractivity (Wildman–Crippen MR) is 73.3 cm³/mol. The van der Waals surface area contributed by atoms with Gasteiger partial charge in [0.05, 0.1) is 19.1 Å². The zero-order chi connectivity index (χ0) is 14.3. The van der Waals surface area contributed by atoms with Crippen LogP contribution in [0.4, 0.5) is 0 Å². The highest BCUT2D eigenvalue weighted by Gasteiger charge is 2.26. The van der Waals surface area contributed by atoms with Crippen LogP contribution < -0.4 is 5.73 Å². The first-order chi connectivity index (χ1) is 9.11. The molecule has 5 nitrogen and oxygen atoms in total. The Morgan fingerprint density at radius 1 is 1.21 bits per heavy atom. The fourth-order valence-electron chi connectivity index (χ4n) is 1.98. The molecule has 1 rings (SSSR count). The lowest BCUT2D eigenvalue weighted by atomic mass is 9.94. The Balaban J connectivity index is 2.74. The molecule has 0 aliphatic carbocycles. The number of amides is 1. The van der Waals surface area contributed by atoms with Crippen LogP contribution >= 0.6 is 0 Å².